The monoisotopic (exact) mass is 291 g/mol. The van der Waals surface area contributed by atoms with E-state index in [1.807, 2.05) is 13.1 Å². The Morgan fingerprint density at radius 2 is 2.10 bits per heavy atom. The van der Waals surface area contributed by atoms with Crippen LogP contribution < -0.4 is 14.8 Å². The number of rotatable bonds is 6. The first-order valence-electron chi connectivity index (χ1n) is 6.54. The molecule has 1 heterocycles. The fraction of sp³-hybridized carbons (Fsp3) is 0.333. The van der Waals surface area contributed by atoms with E-state index in [2.05, 4.69) is 15.3 Å². The van der Waals surface area contributed by atoms with E-state index in [1.165, 1.54) is 32.5 Å². The molecule has 1 atom stereocenters. The van der Waals surface area contributed by atoms with Crippen LogP contribution in [0.4, 0.5) is 4.39 Å². The zero-order valence-electron chi connectivity index (χ0n) is 12.3. The molecule has 0 saturated carbocycles. The molecule has 112 valence electrons. The molecule has 0 aliphatic rings. The quantitative estimate of drug-likeness (QED) is 0.883. The van der Waals surface area contributed by atoms with Crippen molar-refractivity contribution >= 4 is 0 Å². The van der Waals surface area contributed by atoms with Crippen molar-refractivity contribution < 1.29 is 13.9 Å². The molecule has 2 aromatic rings. The second-order valence-corrected chi connectivity index (χ2v) is 4.48. The Balaban J connectivity index is 2.28. The van der Waals surface area contributed by atoms with Gasteiger partial charge in [-0.2, -0.15) is 4.98 Å². The second kappa shape index (κ2) is 6.99. The number of ether oxygens (including phenoxy) is 2. The minimum absolute atomic E-state index is 0.139. The minimum atomic E-state index is -0.255. The van der Waals surface area contributed by atoms with Gasteiger partial charge in [-0.15, -0.1) is 0 Å². The van der Waals surface area contributed by atoms with E-state index in [0.717, 1.165) is 5.56 Å². The SMILES string of the molecule is CNC(Cc1cccc(F)c1)c1ncc(OC)nc1OC. The smallest absolute Gasteiger partial charge is 0.240 e. The number of aromatic nitrogens is 2. The highest BCUT2D eigenvalue weighted by Gasteiger charge is 2.19. The Labute approximate surface area is 123 Å². The molecule has 1 aromatic heterocycles. The lowest BCUT2D eigenvalue weighted by Crippen LogP contribution is -2.21. The summed E-state index contributed by atoms with van der Waals surface area (Å²) in [7, 11) is 4.86. The van der Waals surface area contributed by atoms with Gasteiger partial charge in [0.25, 0.3) is 0 Å². The van der Waals surface area contributed by atoms with Crippen molar-refractivity contribution in [1.82, 2.24) is 15.3 Å². The van der Waals surface area contributed by atoms with Crippen LogP contribution in [-0.2, 0) is 6.42 Å². The van der Waals surface area contributed by atoms with E-state index in [-0.39, 0.29) is 11.9 Å². The molecule has 1 unspecified atom stereocenters. The first kappa shape index (κ1) is 15.2. The third-order valence-electron chi connectivity index (χ3n) is 3.15. The van der Waals surface area contributed by atoms with Crippen LogP contribution >= 0.6 is 0 Å². The summed E-state index contributed by atoms with van der Waals surface area (Å²) in [4.78, 5) is 8.56. The molecular weight excluding hydrogens is 273 g/mol. The number of nitrogens with zero attached hydrogens (tertiary/aromatic N) is 2. The highest BCUT2D eigenvalue weighted by atomic mass is 19.1. The average molecular weight is 291 g/mol. The van der Waals surface area contributed by atoms with Gasteiger partial charge in [-0.25, -0.2) is 9.37 Å². The van der Waals surface area contributed by atoms with Crippen molar-refractivity contribution in [2.45, 2.75) is 12.5 Å². The number of benzene rings is 1. The second-order valence-electron chi connectivity index (χ2n) is 4.48. The molecule has 0 aliphatic carbocycles. The van der Waals surface area contributed by atoms with E-state index < -0.39 is 0 Å². The van der Waals surface area contributed by atoms with E-state index >= 15 is 0 Å². The van der Waals surface area contributed by atoms with Crippen molar-refractivity contribution in [2.24, 2.45) is 0 Å². The summed E-state index contributed by atoms with van der Waals surface area (Å²) < 4.78 is 23.6. The molecule has 1 aromatic carbocycles. The number of likely N-dealkylation sites (N-methyl/N-ethyl adjacent to an activating group) is 1. The van der Waals surface area contributed by atoms with Gasteiger partial charge >= 0.3 is 0 Å². The van der Waals surface area contributed by atoms with Crippen molar-refractivity contribution in [1.29, 1.82) is 0 Å². The summed E-state index contributed by atoms with van der Waals surface area (Å²) in [6.45, 7) is 0. The summed E-state index contributed by atoms with van der Waals surface area (Å²) in [5.41, 5.74) is 1.53. The summed E-state index contributed by atoms with van der Waals surface area (Å²) >= 11 is 0. The first-order chi connectivity index (χ1) is 10.2. The fourth-order valence-electron chi connectivity index (χ4n) is 2.09. The van der Waals surface area contributed by atoms with Crippen LogP contribution in [0.2, 0.25) is 0 Å². The zero-order valence-corrected chi connectivity index (χ0v) is 12.3. The molecule has 5 nitrogen and oxygen atoms in total. The lowest BCUT2D eigenvalue weighted by Gasteiger charge is -2.18. The van der Waals surface area contributed by atoms with E-state index in [0.29, 0.717) is 23.9 Å². The molecular formula is C15H18FN3O2. The van der Waals surface area contributed by atoms with Crippen molar-refractivity contribution in [2.75, 3.05) is 21.3 Å². The van der Waals surface area contributed by atoms with Crippen molar-refractivity contribution in [3.8, 4) is 11.8 Å². The molecule has 0 radical (unpaired) electrons. The van der Waals surface area contributed by atoms with Crippen LogP contribution in [0.3, 0.4) is 0 Å². The molecule has 21 heavy (non-hydrogen) atoms. The first-order valence-corrected chi connectivity index (χ1v) is 6.54. The molecule has 0 amide bonds. The molecule has 0 bridgehead atoms. The molecule has 0 aliphatic heterocycles. The van der Waals surface area contributed by atoms with Crippen LogP contribution in [0.25, 0.3) is 0 Å². The van der Waals surface area contributed by atoms with Gasteiger partial charge in [-0.1, -0.05) is 12.1 Å². The Morgan fingerprint density at radius 1 is 1.29 bits per heavy atom. The lowest BCUT2D eigenvalue weighted by atomic mass is 10.0. The van der Waals surface area contributed by atoms with E-state index in [1.54, 1.807) is 6.07 Å². The number of nitrogens with one attached hydrogen (secondary N) is 1. The fourth-order valence-corrected chi connectivity index (χ4v) is 2.09. The molecule has 6 heteroatoms. The van der Waals surface area contributed by atoms with Crippen LogP contribution in [0, 0.1) is 5.82 Å². The van der Waals surface area contributed by atoms with Gasteiger partial charge < -0.3 is 14.8 Å². The Kier molecular flexibility index (Phi) is 5.05. The Hall–Kier alpha value is -2.21. The predicted octanol–water partition coefficient (Wildman–Crippen LogP) is 2.14. The predicted molar refractivity (Wildman–Crippen MR) is 77.0 cm³/mol. The van der Waals surface area contributed by atoms with Crippen LogP contribution in [0.15, 0.2) is 30.5 Å². The summed E-state index contributed by atoms with van der Waals surface area (Å²) in [5.74, 6) is 0.524. The normalized spacial score (nSPS) is 12.0. The van der Waals surface area contributed by atoms with E-state index in [4.69, 9.17) is 9.47 Å². The topological polar surface area (TPSA) is 56.3 Å². The van der Waals surface area contributed by atoms with Crippen LogP contribution in [0.5, 0.6) is 11.8 Å². The summed E-state index contributed by atoms with van der Waals surface area (Å²) in [6.07, 6.45) is 2.11. The molecule has 0 spiro atoms. The number of hydrogen-bond donors (Lipinski definition) is 1. The maximum Gasteiger partial charge on any atom is 0.240 e. The average Bonchev–Trinajstić information content (AvgIpc) is 2.52. The maximum absolute atomic E-state index is 13.3. The van der Waals surface area contributed by atoms with E-state index in [9.17, 15) is 4.39 Å². The van der Waals surface area contributed by atoms with Crippen LogP contribution in [-0.4, -0.2) is 31.2 Å². The highest BCUT2D eigenvalue weighted by molar-refractivity contribution is 5.28. The largest absolute Gasteiger partial charge is 0.480 e. The summed E-state index contributed by atoms with van der Waals surface area (Å²) in [5, 5.41) is 3.15. The van der Waals surface area contributed by atoms with Gasteiger partial charge in [0.05, 0.1) is 26.5 Å². The standard InChI is InChI=1S/C15H18FN3O2/c1-17-12(8-10-5-4-6-11(16)7-10)14-15(21-3)19-13(20-2)9-18-14/h4-7,9,12,17H,8H2,1-3H3. The summed E-state index contributed by atoms with van der Waals surface area (Å²) in [6, 6.07) is 6.35. The molecule has 0 saturated heterocycles. The Bertz CT molecular complexity index is 607. The third kappa shape index (κ3) is 3.66. The van der Waals surface area contributed by atoms with Gasteiger partial charge in [0.15, 0.2) is 0 Å². The van der Waals surface area contributed by atoms with Gasteiger partial charge in [0.1, 0.15) is 11.5 Å². The highest BCUT2D eigenvalue weighted by Crippen LogP contribution is 2.25. The lowest BCUT2D eigenvalue weighted by molar-refractivity contribution is 0.350. The number of halogens is 1. The molecule has 0 fully saturated rings. The Morgan fingerprint density at radius 3 is 2.71 bits per heavy atom. The number of hydrogen-bond acceptors (Lipinski definition) is 5. The van der Waals surface area contributed by atoms with Gasteiger partial charge in [0, 0.05) is 0 Å². The third-order valence-corrected chi connectivity index (χ3v) is 3.15. The number of methoxy groups -OCH3 is 2. The van der Waals surface area contributed by atoms with Gasteiger partial charge in [0.2, 0.25) is 11.8 Å². The van der Waals surface area contributed by atoms with Crippen molar-refractivity contribution in [3.05, 3.63) is 47.5 Å². The van der Waals surface area contributed by atoms with Crippen molar-refractivity contribution in [3.63, 3.8) is 0 Å². The van der Waals surface area contributed by atoms with Gasteiger partial charge in [-0.3, -0.25) is 0 Å². The zero-order chi connectivity index (χ0) is 15.2. The molecule has 1 N–H and O–H groups in total. The minimum Gasteiger partial charge on any atom is -0.480 e. The molecule has 2 rings (SSSR count). The maximum atomic E-state index is 13.3. The van der Waals surface area contributed by atoms with Gasteiger partial charge in [-0.05, 0) is 31.2 Å². The van der Waals surface area contributed by atoms with Crippen LogP contribution in [0.1, 0.15) is 17.3 Å².